The van der Waals surface area contributed by atoms with Gasteiger partial charge in [0.15, 0.2) is 0 Å². The predicted molar refractivity (Wildman–Crippen MR) is 140 cm³/mol. The second-order valence-electron chi connectivity index (χ2n) is 8.85. The summed E-state index contributed by atoms with van der Waals surface area (Å²) >= 11 is 6.97. The molecule has 35 heavy (non-hydrogen) atoms. The molecule has 1 aromatic heterocycles. The summed E-state index contributed by atoms with van der Waals surface area (Å²) in [5, 5.41) is 4.57. The number of halogens is 1. The Kier molecular flexibility index (Phi) is 6.61. The molecule has 2 aliphatic heterocycles. The fourth-order valence-electron chi connectivity index (χ4n) is 4.92. The van der Waals surface area contributed by atoms with Crippen molar-refractivity contribution in [3.8, 4) is 0 Å². The number of nitrogens with one attached hydrogen (secondary N) is 1. The first-order chi connectivity index (χ1) is 16.8. The molecule has 0 saturated carbocycles. The van der Waals surface area contributed by atoms with Gasteiger partial charge in [-0.1, -0.05) is 43.5 Å². The summed E-state index contributed by atoms with van der Waals surface area (Å²) in [5.41, 5.74) is 2.05. The highest BCUT2D eigenvalue weighted by Gasteiger charge is 2.39. The van der Waals surface area contributed by atoms with Gasteiger partial charge in [-0.15, -0.1) is 11.3 Å². The number of piperidine rings is 1. The van der Waals surface area contributed by atoms with E-state index in [4.69, 9.17) is 11.6 Å². The van der Waals surface area contributed by atoms with Crippen molar-refractivity contribution in [2.75, 3.05) is 23.3 Å². The minimum absolute atomic E-state index is 0.0262. The molecule has 1 N–H and O–H groups in total. The van der Waals surface area contributed by atoms with E-state index in [2.05, 4.69) is 12.2 Å². The molecule has 2 aromatic carbocycles. The Morgan fingerprint density at radius 1 is 1.17 bits per heavy atom. The zero-order chi connectivity index (χ0) is 24.7. The third kappa shape index (κ3) is 4.24. The van der Waals surface area contributed by atoms with Crippen molar-refractivity contribution in [3.63, 3.8) is 0 Å². The van der Waals surface area contributed by atoms with Crippen LogP contribution in [0.2, 0.25) is 4.34 Å². The second kappa shape index (κ2) is 9.54. The van der Waals surface area contributed by atoms with E-state index in [-0.39, 0.29) is 22.6 Å². The van der Waals surface area contributed by atoms with Crippen LogP contribution in [0.1, 0.15) is 49.4 Å². The van der Waals surface area contributed by atoms with Crippen LogP contribution < -0.4 is 10.2 Å². The molecule has 0 radical (unpaired) electrons. The molecule has 3 heterocycles. The average molecular weight is 532 g/mol. The van der Waals surface area contributed by atoms with Gasteiger partial charge in [-0.25, -0.2) is 8.42 Å². The number of rotatable bonds is 7. The summed E-state index contributed by atoms with van der Waals surface area (Å²) in [5.74, 6) is -0.398. The number of carbonyl (C=O) groups excluding carboxylic acids is 2. The van der Waals surface area contributed by atoms with Crippen molar-refractivity contribution in [2.24, 2.45) is 0 Å². The predicted octanol–water partition coefficient (Wildman–Crippen LogP) is 5.50. The highest BCUT2D eigenvalue weighted by Crippen LogP contribution is 2.41. The second-order valence-corrected chi connectivity index (χ2v) is 12.7. The fraction of sp³-hybridized carbons (Fsp3) is 0.360. The molecular formula is C25H26ClN3O4S2. The lowest BCUT2D eigenvalue weighted by atomic mass is 10.0. The number of hydrogen-bond acceptors (Lipinski definition) is 5. The highest BCUT2D eigenvalue weighted by atomic mass is 35.5. The normalized spacial score (nSPS) is 18.4. The van der Waals surface area contributed by atoms with Crippen molar-refractivity contribution in [1.29, 1.82) is 0 Å². The Balaban J connectivity index is 1.46. The Hall–Kier alpha value is -2.46. The molecule has 0 aliphatic carbocycles. The maximum atomic E-state index is 13.4. The van der Waals surface area contributed by atoms with Gasteiger partial charge in [-0.3, -0.25) is 9.59 Å². The minimum Gasteiger partial charge on any atom is -0.324 e. The van der Waals surface area contributed by atoms with Crippen LogP contribution in [0.15, 0.2) is 46.7 Å². The monoisotopic (exact) mass is 531 g/mol. The third-order valence-corrected chi connectivity index (χ3v) is 10.3. The van der Waals surface area contributed by atoms with Crippen LogP contribution in [0.25, 0.3) is 10.8 Å². The molecule has 5 rings (SSSR count). The molecule has 0 bridgehead atoms. The first kappa shape index (κ1) is 24.2. The van der Waals surface area contributed by atoms with Crippen molar-refractivity contribution >= 4 is 66.9 Å². The lowest BCUT2D eigenvalue weighted by Gasteiger charge is -2.33. The van der Waals surface area contributed by atoms with Crippen LogP contribution in [0.3, 0.4) is 0 Å². The summed E-state index contributed by atoms with van der Waals surface area (Å²) < 4.78 is 28.4. The Morgan fingerprint density at radius 2 is 2.00 bits per heavy atom. The van der Waals surface area contributed by atoms with Crippen LogP contribution >= 0.6 is 22.9 Å². The van der Waals surface area contributed by atoms with Gasteiger partial charge in [0.2, 0.25) is 5.91 Å². The van der Waals surface area contributed by atoms with Gasteiger partial charge in [0, 0.05) is 35.1 Å². The van der Waals surface area contributed by atoms with Gasteiger partial charge in [0.1, 0.15) is 10.3 Å². The van der Waals surface area contributed by atoms with Crippen molar-refractivity contribution in [2.45, 2.75) is 49.3 Å². The van der Waals surface area contributed by atoms with E-state index in [1.54, 1.807) is 17.0 Å². The van der Waals surface area contributed by atoms with Crippen LogP contribution in [-0.2, 0) is 14.8 Å². The molecule has 2 aliphatic rings. The molecule has 1 unspecified atom stereocenters. The quantitative estimate of drug-likeness (QED) is 0.436. The van der Waals surface area contributed by atoms with E-state index in [1.807, 2.05) is 24.3 Å². The molecule has 1 fully saturated rings. The lowest BCUT2D eigenvalue weighted by Crippen LogP contribution is -2.49. The molecule has 3 aromatic rings. The molecule has 10 heteroatoms. The maximum absolute atomic E-state index is 13.4. The van der Waals surface area contributed by atoms with Crippen LogP contribution in [0, 0.1) is 0 Å². The van der Waals surface area contributed by atoms with E-state index >= 15 is 0 Å². The van der Waals surface area contributed by atoms with E-state index < -0.39 is 16.1 Å². The zero-order valence-corrected chi connectivity index (χ0v) is 21.7. The zero-order valence-electron chi connectivity index (χ0n) is 19.3. The number of benzene rings is 2. The van der Waals surface area contributed by atoms with Crippen molar-refractivity contribution < 1.29 is 18.0 Å². The molecule has 1 saturated heterocycles. The number of hydrogen-bond donors (Lipinski definition) is 1. The van der Waals surface area contributed by atoms with Gasteiger partial charge in [0.05, 0.1) is 10.0 Å². The van der Waals surface area contributed by atoms with Crippen LogP contribution in [0.4, 0.5) is 11.4 Å². The fourth-order valence-corrected chi connectivity index (χ4v) is 8.18. The summed E-state index contributed by atoms with van der Waals surface area (Å²) in [4.78, 5) is 28.3. The minimum atomic E-state index is -3.84. The average Bonchev–Trinajstić information content (AvgIpc) is 3.42. The number of unbranched alkanes of at least 4 members (excludes halogenated alkanes) is 1. The summed E-state index contributed by atoms with van der Waals surface area (Å²) in [6.45, 7) is 3.01. The number of thiophene rings is 1. The first-order valence-electron chi connectivity index (χ1n) is 11.8. The molecule has 7 nitrogen and oxygen atoms in total. The van der Waals surface area contributed by atoms with Gasteiger partial charge in [-0.05, 0) is 49.6 Å². The van der Waals surface area contributed by atoms with Gasteiger partial charge in [0.25, 0.3) is 15.9 Å². The highest BCUT2D eigenvalue weighted by molar-refractivity contribution is 7.91. The number of anilines is 2. The molecule has 1 atom stereocenters. The van der Waals surface area contributed by atoms with Gasteiger partial charge >= 0.3 is 0 Å². The van der Waals surface area contributed by atoms with E-state index in [1.165, 1.54) is 10.4 Å². The van der Waals surface area contributed by atoms with Gasteiger partial charge in [-0.2, -0.15) is 4.31 Å². The maximum Gasteiger partial charge on any atom is 0.258 e. The Labute approximate surface area is 213 Å². The van der Waals surface area contributed by atoms with E-state index in [0.29, 0.717) is 35.0 Å². The summed E-state index contributed by atoms with van der Waals surface area (Å²) in [6.07, 6.45) is 3.78. The third-order valence-electron chi connectivity index (χ3n) is 6.65. The van der Waals surface area contributed by atoms with Gasteiger partial charge < -0.3 is 10.2 Å². The Bertz CT molecular complexity index is 1420. The van der Waals surface area contributed by atoms with Crippen molar-refractivity contribution in [1.82, 2.24) is 4.31 Å². The summed E-state index contributed by atoms with van der Waals surface area (Å²) in [6, 6.07) is 11.4. The number of carbonyl (C=O) groups is 2. The standard InChI is InChI=1S/C25H26ClN3O4S2/c1-2-3-14-28-19-11-10-18(16-7-6-8-17(23(16)19)25(28)31)27-24(30)20-9-4-5-15-29(20)35(32,33)22-13-12-21(26)34-22/h6-8,10-13,20H,2-5,9,14-15H2,1H3,(H,27,30). The smallest absolute Gasteiger partial charge is 0.258 e. The van der Waals surface area contributed by atoms with E-state index in [0.717, 1.165) is 47.1 Å². The van der Waals surface area contributed by atoms with Crippen molar-refractivity contribution in [3.05, 3.63) is 52.4 Å². The lowest BCUT2D eigenvalue weighted by molar-refractivity contribution is -0.120. The molecule has 0 spiro atoms. The largest absolute Gasteiger partial charge is 0.324 e. The molecule has 184 valence electrons. The first-order valence-corrected chi connectivity index (χ1v) is 14.4. The number of sulfonamides is 1. The SMILES string of the molecule is CCCCN1C(=O)c2cccc3c(NC(=O)C4CCCCN4S(=O)(=O)c4ccc(Cl)s4)ccc1c23. The number of amides is 2. The number of nitrogens with zero attached hydrogens (tertiary/aromatic N) is 2. The van der Waals surface area contributed by atoms with Crippen LogP contribution in [-0.4, -0.2) is 43.7 Å². The van der Waals surface area contributed by atoms with E-state index in [9.17, 15) is 18.0 Å². The molecule has 2 amide bonds. The Morgan fingerprint density at radius 3 is 2.74 bits per heavy atom. The van der Waals surface area contributed by atoms with Crippen LogP contribution in [0.5, 0.6) is 0 Å². The molecular weight excluding hydrogens is 506 g/mol. The summed E-state index contributed by atoms with van der Waals surface area (Å²) in [7, 11) is -3.84. The topological polar surface area (TPSA) is 86.8 Å².